The van der Waals surface area contributed by atoms with Gasteiger partial charge in [-0.1, -0.05) is 13.2 Å². The van der Waals surface area contributed by atoms with Gasteiger partial charge < -0.3 is 18.9 Å². The molecule has 0 aromatic rings. The van der Waals surface area contributed by atoms with Gasteiger partial charge in [-0.3, -0.25) is 0 Å². The first-order valence-corrected chi connectivity index (χ1v) is 7.42. The van der Waals surface area contributed by atoms with Gasteiger partial charge in [0.05, 0.1) is 23.7 Å². The third-order valence-electron chi connectivity index (χ3n) is 5.06. The SMILES string of the molecule is C=COCOC12CC3CC(C1)CC(OCOC=C)(C3)C2. The van der Waals surface area contributed by atoms with E-state index in [1.54, 1.807) is 0 Å². The average Bonchev–Trinajstić information content (AvgIpc) is 2.37. The van der Waals surface area contributed by atoms with Crippen molar-refractivity contribution in [3.05, 3.63) is 25.7 Å². The highest BCUT2D eigenvalue weighted by Crippen LogP contribution is 2.60. The molecule has 4 rings (SSSR count). The van der Waals surface area contributed by atoms with Gasteiger partial charge in [0.15, 0.2) is 13.6 Å². The molecule has 4 heteroatoms. The van der Waals surface area contributed by atoms with Gasteiger partial charge in [-0.15, -0.1) is 0 Å². The molecule has 4 fully saturated rings. The summed E-state index contributed by atoms with van der Waals surface area (Å²) in [4.78, 5) is 0. The zero-order valence-corrected chi connectivity index (χ0v) is 12.0. The average molecular weight is 280 g/mol. The highest BCUT2D eigenvalue weighted by atomic mass is 16.7. The van der Waals surface area contributed by atoms with Gasteiger partial charge in [0.2, 0.25) is 0 Å². The number of hydrogen-bond donors (Lipinski definition) is 0. The van der Waals surface area contributed by atoms with Crippen molar-refractivity contribution in [1.82, 2.24) is 0 Å². The molecule has 4 saturated carbocycles. The Hall–Kier alpha value is -1.00. The van der Waals surface area contributed by atoms with Crippen molar-refractivity contribution in [2.24, 2.45) is 11.8 Å². The van der Waals surface area contributed by atoms with Crippen LogP contribution in [0.2, 0.25) is 0 Å². The van der Waals surface area contributed by atoms with Crippen LogP contribution in [0.1, 0.15) is 38.5 Å². The number of hydrogen-bond acceptors (Lipinski definition) is 4. The smallest absolute Gasteiger partial charge is 0.188 e. The Balaban J connectivity index is 1.68. The molecule has 0 amide bonds. The highest BCUT2D eigenvalue weighted by Gasteiger charge is 2.59. The molecule has 4 aliphatic carbocycles. The summed E-state index contributed by atoms with van der Waals surface area (Å²) in [6.45, 7) is 7.70. The van der Waals surface area contributed by atoms with E-state index in [0.29, 0.717) is 25.4 Å². The van der Waals surface area contributed by atoms with Crippen molar-refractivity contribution in [2.75, 3.05) is 13.6 Å². The summed E-state index contributed by atoms with van der Waals surface area (Å²) >= 11 is 0. The van der Waals surface area contributed by atoms with Gasteiger partial charge in [-0.05, 0) is 43.9 Å². The van der Waals surface area contributed by atoms with Gasteiger partial charge in [-0.2, -0.15) is 0 Å². The molecule has 0 aromatic carbocycles. The van der Waals surface area contributed by atoms with Gasteiger partial charge in [0.1, 0.15) is 0 Å². The van der Waals surface area contributed by atoms with E-state index in [4.69, 9.17) is 18.9 Å². The third-order valence-corrected chi connectivity index (χ3v) is 5.06. The van der Waals surface area contributed by atoms with Crippen LogP contribution in [0.15, 0.2) is 25.7 Å². The first kappa shape index (κ1) is 14.0. The Labute approximate surface area is 120 Å². The lowest BCUT2D eigenvalue weighted by molar-refractivity contribution is -0.266. The largest absolute Gasteiger partial charge is 0.476 e. The maximum atomic E-state index is 6.08. The first-order valence-electron chi connectivity index (χ1n) is 7.42. The van der Waals surface area contributed by atoms with Crippen molar-refractivity contribution in [1.29, 1.82) is 0 Å². The molecule has 0 N–H and O–H groups in total. The summed E-state index contributed by atoms with van der Waals surface area (Å²) in [5.74, 6) is 1.42. The van der Waals surface area contributed by atoms with Gasteiger partial charge in [-0.25, -0.2) is 0 Å². The minimum Gasteiger partial charge on any atom is -0.476 e. The Morgan fingerprint density at radius 2 is 1.30 bits per heavy atom. The second-order valence-corrected chi connectivity index (χ2v) is 6.52. The zero-order chi connectivity index (χ0) is 14.1. The Kier molecular flexibility index (Phi) is 3.78. The maximum Gasteiger partial charge on any atom is 0.188 e. The Morgan fingerprint density at radius 1 is 0.850 bits per heavy atom. The van der Waals surface area contributed by atoms with Crippen molar-refractivity contribution in [3.63, 3.8) is 0 Å². The minimum absolute atomic E-state index is 0.0682. The fourth-order valence-corrected chi connectivity index (χ4v) is 4.85. The van der Waals surface area contributed by atoms with Crippen LogP contribution in [0, 0.1) is 11.8 Å². The molecule has 0 atom stereocenters. The van der Waals surface area contributed by atoms with Crippen molar-refractivity contribution in [2.45, 2.75) is 49.7 Å². The van der Waals surface area contributed by atoms with E-state index in [0.717, 1.165) is 32.1 Å². The number of rotatable bonds is 8. The zero-order valence-electron chi connectivity index (χ0n) is 12.0. The molecule has 4 nitrogen and oxygen atoms in total. The van der Waals surface area contributed by atoms with E-state index in [9.17, 15) is 0 Å². The van der Waals surface area contributed by atoms with E-state index in [2.05, 4.69) is 13.2 Å². The molecule has 112 valence electrons. The highest BCUT2D eigenvalue weighted by molar-refractivity contribution is 5.10. The van der Waals surface area contributed by atoms with Gasteiger partial charge in [0, 0.05) is 6.42 Å². The Morgan fingerprint density at radius 3 is 1.70 bits per heavy atom. The lowest BCUT2D eigenvalue weighted by atomic mass is 9.52. The topological polar surface area (TPSA) is 36.9 Å². The lowest BCUT2D eigenvalue weighted by Gasteiger charge is -2.60. The Bertz CT molecular complexity index is 333. The summed E-state index contributed by atoms with van der Waals surface area (Å²) < 4.78 is 22.5. The van der Waals surface area contributed by atoms with Crippen LogP contribution in [-0.2, 0) is 18.9 Å². The van der Waals surface area contributed by atoms with E-state index in [1.165, 1.54) is 18.9 Å². The predicted octanol–water partition coefficient (Wildman–Crippen LogP) is 3.35. The van der Waals surface area contributed by atoms with Crippen LogP contribution >= 0.6 is 0 Å². The standard InChI is InChI=1S/C16H24O4/c1-3-17-11-19-15-6-13-5-14(7-15)9-16(8-13,10-15)20-12-18-4-2/h3-4,13-14H,1-2,5-12H2. The second-order valence-electron chi connectivity index (χ2n) is 6.52. The quantitative estimate of drug-likeness (QED) is 0.388. The molecule has 0 spiro atoms. The molecular weight excluding hydrogens is 256 g/mol. The molecule has 4 bridgehead atoms. The van der Waals surface area contributed by atoms with Crippen LogP contribution in [-0.4, -0.2) is 24.8 Å². The van der Waals surface area contributed by atoms with Crippen LogP contribution in [0.5, 0.6) is 0 Å². The normalized spacial score (nSPS) is 41.4. The molecule has 0 aliphatic heterocycles. The fraction of sp³-hybridized carbons (Fsp3) is 0.750. The fourth-order valence-electron chi connectivity index (χ4n) is 4.85. The van der Waals surface area contributed by atoms with Crippen LogP contribution in [0.25, 0.3) is 0 Å². The third kappa shape index (κ3) is 2.59. The van der Waals surface area contributed by atoms with Crippen molar-refractivity contribution < 1.29 is 18.9 Å². The molecule has 0 unspecified atom stereocenters. The lowest BCUT2D eigenvalue weighted by Crippen LogP contribution is -2.61. The van der Waals surface area contributed by atoms with Gasteiger partial charge >= 0.3 is 0 Å². The molecule has 0 saturated heterocycles. The maximum absolute atomic E-state index is 6.08. The molecular formula is C16H24O4. The summed E-state index contributed by atoms with van der Waals surface area (Å²) in [6.07, 6.45) is 9.69. The monoisotopic (exact) mass is 280 g/mol. The summed E-state index contributed by atoms with van der Waals surface area (Å²) in [5.41, 5.74) is -0.136. The van der Waals surface area contributed by atoms with Crippen molar-refractivity contribution >= 4 is 0 Å². The molecule has 0 aromatic heterocycles. The second kappa shape index (κ2) is 5.41. The number of ether oxygens (including phenoxy) is 4. The van der Waals surface area contributed by atoms with E-state index in [-0.39, 0.29) is 11.2 Å². The van der Waals surface area contributed by atoms with E-state index >= 15 is 0 Å². The first-order chi connectivity index (χ1) is 9.69. The molecule has 0 radical (unpaired) electrons. The predicted molar refractivity (Wildman–Crippen MR) is 74.6 cm³/mol. The minimum atomic E-state index is -0.0682. The molecule has 20 heavy (non-hydrogen) atoms. The van der Waals surface area contributed by atoms with Crippen LogP contribution in [0.3, 0.4) is 0 Å². The van der Waals surface area contributed by atoms with Crippen molar-refractivity contribution in [3.8, 4) is 0 Å². The molecule has 0 heterocycles. The van der Waals surface area contributed by atoms with E-state index in [1.807, 2.05) is 0 Å². The summed E-state index contributed by atoms with van der Waals surface area (Å²) in [7, 11) is 0. The summed E-state index contributed by atoms with van der Waals surface area (Å²) in [6, 6.07) is 0. The van der Waals surface area contributed by atoms with Crippen LogP contribution in [0.4, 0.5) is 0 Å². The summed E-state index contributed by atoms with van der Waals surface area (Å²) in [5, 5.41) is 0. The van der Waals surface area contributed by atoms with Crippen LogP contribution < -0.4 is 0 Å². The molecule has 4 aliphatic rings. The van der Waals surface area contributed by atoms with E-state index < -0.39 is 0 Å². The van der Waals surface area contributed by atoms with Gasteiger partial charge in [0.25, 0.3) is 0 Å².